The average Bonchev–Trinajstić information content (AvgIpc) is 3.42. The summed E-state index contributed by atoms with van der Waals surface area (Å²) in [5.41, 5.74) is 5.32. The second kappa shape index (κ2) is 8.30. The Morgan fingerprint density at radius 2 is 1.91 bits per heavy atom. The highest BCUT2D eigenvalue weighted by Gasteiger charge is 2.33. The number of benzene rings is 2. The molecule has 6 rings (SSSR count). The molecular weight excluding hydrogens is 430 g/mol. The Morgan fingerprint density at radius 1 is 1.09 bits per heavy atom. The molecule has 2 aliphatic rings. The highest BCUT2D eigenvalue weighted by Crippen LogP contribution is 2.42. The number of hydrogen-bond acceptors (Lipinski definition) is 6. The standard InChI is InChI=1S/C26H23N5O3/c1-16-2-4-17(5-3-16)13-28-25(32)20-14-29-31(24(20)18-6-7-18)26-27-11-10-21(30-26)19-8-9-22-23(12-19)34-15-33-22/h2-5,8-12,14,18H,6-7,13,15H2,1H3,(H,28,32). The Balaban J connectivity index is 1.28. The Labute approximate surface area is 196 Å². The van der Waals surface area contributed by atoms with E-state index in [-0.39, 0.29) is 18.6 Å². The van der Waals surface area contributed by atoms with E-state index in [9.17, 15) is 4.79 Å². The monoisotopic (exact) mass is 453 g/mol. The summed E-state index contributed by atoms with van der Waals surface area (Å²) in [5.74, 6) is 2.00. The Morgan fingerprint density at radius 3 is 2.74 bits per heavy atom. The Kier molecular flexibility index (Phi) is 4.98. The average molecular weight is 454 g/mol. The maximum Gasteiger partial charge on any atom is 0.255 e. The molecule has 0 spiro atoms. The molecule has 2 aromatic carbocycles. The van der Waals surface area contributed by atoms with Crippen molar-refractivity contribution in [2.45, 2.75) is 32.2 Å². The molecule has 1 N–H and O–H groups in total. The number of hydrogen-bond donors (Lipinski definition) is 1. The van der Waals surface area contributed by atoms with E-state index in [1.54, 1.807) is 17.1 Å². The van der Waals surface area contributed by atoms with Gasteiger partial charge in [0.1, 0.15) is 0 Å². The summed E-state index contributed by atoms with van der Waals surface area (Å²) in [7, 11) is 0. The first-order chi connectivity index (χ1) is 16.7. The zero-order valence-electron chi connectivity index (χ0n) is 18.7. The predicted molar refractivity (Wildman–Crippen MR) is 125 cm³/mol. The summed E-state index contributed by atoms with van der Waals surface area (Å²) in [4.78, 5) is 22.2. The van der Waals surface area contributed by atoms with Crippen LogP contribution in [0.5, 0.6) is 11.5 Å². The van der Waals surface area contributed by atoms with Crippen LogP contribution in [-0.4, -0.2) is 32.4 Å². The number of aromatic nitrogens is 4. The fourth-order valence-corrected chi connectivity index (χ4v) is 4.09. The molecule has 8 heteroatoms. The maximum atomic E-state index is 13.0. The summed E-state index contributed by atoms with van der Waals surface area (Å²) in [6.07, 6.45) is 5.37. The highest BCUT2D eigenvalue weighted by atomic mass is 16.7. The van der Waals surface area contributed by atoms with Gasteiger partial charge in [0.25, 0.3) is 11.9 Å². The van der Waals surface area contributed by atoms with E-state index in [1.165, 1.54) is 5.56 Å². The first-order valence-electron chi connectivity index (χ1n) is 11.3. The van der Waals surface area contributed by atoms with Gasteiger partial charge in [0.2, 0.25) is 6.79 Å². The number of nitrogens with zero attached hydrogens (tertiary/aromatic N) is 4. The van der Waals surface area contributed by atoms with Gasteiger partial charge < -0.3 is 14.8 Å². The number of carbonyl (C=O) groups is 1. The summed E-state index contributed by atoms with van der Waals surface area (Å²) < 4.78 is 12.6. The van der Waals surface area contributed by atoms with Crippen LogP contribution in [0.25, 0.3) is 17.2 Å². The van der Waals surface area contributed by atoms with Crippen molar-refractivity contribution in [2.24, 2.45) is 0 Å². The van der Waals surface area contributed by atoms with Crippen LogP contribution in [0.1, 0.15) is 45.9 Å². The third-order valence-corrected chi connectivity index (χ3v) is 6.09. The predicted octanol–water partition coefficient (Wildman–Crippen LogP) is 4.17. The van der Waals surface area contributed by atoms with Crippen molar-refractivity contribution in [3.63, 3.8) is 0 Å². The highest BCUT2D eigenvalue weighted by molar-refractivity contribution is 5.95. The number of carbonyl (C=O) groups excluding carboxylic acids is 1. The van der Waals surface area contributed by atoms with Gasteiger partial charge in [-0.25, -0.2) is 14.6 Å². The molecule has 1 aliphatic carbocycles. The zero-order chi connectivity index (χ0) is 23.1. The molecule has 34 heavy (non-hydrogen) atoms. The second-order valence-corrected chi connectivity index (χ2v) is 8.61. The molecule has 0 radical (unpaired) electrons. The van der Waals surface area contributed by atoms with Crippen LogP contribution in [-0.2, 0) is 6.54 Å². The van der Waals surface area contributed by atoms with E-state index in [0.29, 0.717) is 23.8 Å². The van der Waals surface area contributed by atoms with Crippen LogP contribution in [0, 0.1) is 6.92 Å². The first-order valence-corrected chi connectivity index (χ1v) is 11.3. The van der Waals surface area contributed by atoms with Gasteiger partial charge in [-0.3, -0.25) is 4.79 Å². The van der Waals surface area contributed by atoms with E-state index in [0.717, 1.165) is 41.1 Å². The van der Waals surface area contributed by atoms with E-state index in [2.05, 4.69) is 15.4 Å². The first kappa shape index (κ1) is 20.4. The summed E-state index contributed by atoms with van der Waals surface area (Å²) in [6, 6.07) is 15.7. The topological polar surface area (TPSA) is 91.2 Å². The fourth-order valence-electron chi connectivity index (χ4n) is 4.09. The third kappa shape index (κ3) is 3.87. The molecule has 4 aromatic rings. The molecule has 1 amide bonds. The number of rotatable bonds is 6. The van der Waals surface area contributed by atoms with Crippen molar-refractivity contribution in [1.29, 1.82) is 0 Å². The molecule has 170 valence electrons. The lowest BCUT2D eigenvalue weighted by Gasteiger charge is -2.10. The maximum absolute atomic E-state index is 13.0. The molecule has 0 atom stereocenters. The normalized spacial score (nSPS) is 14.3. The van der Waals surface area contributed by atoms with Gasteiger partial charge in [-0.2, -0.15) is 5.10 Å². The lowest BCUT2D eigenvalue weighted by atomic mass is 10.1. The van der Waals surface area contributed by atoms with Crippen LogP contribution in [0.4, 0.5) is 0 Å². The molecule has 0 bridgehead atoms. The minimum atomic E-state index is -0.138. The third-order valence-electron chi connectivity index (χ3n) is 6.09. The van der Waals surface area contributed by atoms with Crippen LogP contribution in [0.2, 0.25) is 0 Å². The molecule has 1 aliphatic heterocycles. The lowest BCUT2D eigenvalue weighted by molar-refractivity contribution is 0.0950. The minimum absolute atomic E-state index is 0.138. The molecule has 0 unspecified atom stereocenters. The smallest absolute Gasteiger partial charge is 0.255 e. The van der Waals surface area contributed by atoms with Crippen molar-refractivity contribution in [2.75, 3.05) is 6.79 Å². The van der Waals surface area contributed by atoms with Gasteiger partial charge in [0.05, 0.1) is 23.1 Å². The Hall–Kier alpha value is -4.20. The number of fused-ring (bicyclic) bond motifs is 1. The largest absolute Gasteiger partial charge is 0.454 e. The minimum Gasteiger partial charge on any atom is -0.454 e. The van der Waals surface area contributed by atoms with Gasteiger partial charge in [-0.1, -0.05) is 29.8 Å². The van der Waals surface area contributed by atoms with Gasteiger partial charge >= 0.3 is 0 Å². The summed E-state index contributed by atoms with van der Waals surface area (Å²) in [5, 5.41) is 7.54. The number of aryl methyl sites for hydroxylation is 1. The van der Waals surface area contributed by atoms with Crippen molar-refractivity contribution < 1.29 is 14.3 Å². The van der Waals surface area contributed by atoms with E-state index in [1.807, 2.05) is 55.5 Å². The Bertz CT molecular complexity index is 1380. The van der Waals surface area contributed by atoms with Gasteiger partial charge in [-0.05, 0) is 49.6 Å². The van der Waals surface area contributed by atoms with Crippen molar-refractivity contribution >= 4 is 5.91 Å². The number of ether oxygens (including phenoxy) is 2. The van der Waals surface area contributed by atoms with Gasteiger partial charge in [0, 0.05) is 24.2 Å². The fraction of sp³-hybridized carbons (Fsp3) is 0.231. The molecule has 2 aromatic heterocycles. The van der Waals surface area contributed by atoms with Crippen LogP contribution >= 0.6 is 0 Å². The van der Waals surface area contributed by atoms with Crippen molar-refractivity contribution in [3.8, 4) is 28.7 Å². The molecule has 8 nitrogen and oxygen atoms in total. The number of amides is 1. The molecule has 1 fully saturated rings. The SMILES string of the molecule is Cc1ccc(CNC(=O)c2cnn(-c3nccc(-c4ccc5c(c4)OCO5)n3)c2C2CC2)cc1. The van der Waals surface area contributed by atoms with Gasteiger partial charge in [0.15, 0.2) is 11.5 Å². The van der Waals surface area contributed by atoms with E-state index < -0.39 is 0 Å². The van der Waals surface area contributed by atoms with Crippen LogP contribution in [0.3, 0.4) is 0 Å². The molecule has 1 saturated carbocycles. The second-order valence-electron chi connectivity index (χ2n) is 8.61. The van der Waals surface area contributed by atoms with E-state index in [4.69, 9.17) is 14.5 Å². The molecule has 3 heterocycles. The van der Waals surface area contributed by atoms with Crippen LogP contribution in [0.15, 0.2) is 60.9 Å². The summed E-state index contributed by atoms with van der Waals surface area (Å²) in [6.45, 7) is 2.73. The molecular formula is C26H23N5O3. The lowest BCUT2D eigenvalue weighted by Crippen LogP contribution is -2.24. The number of nitrogens with one attached hydrogen (secondary N) is 1. The van der Waals surface area contributed by atoms with Crippen molar-refractivity contribution in [3.05, 3.63) is 83.3 Å². The quantitative estimate of drug-likeness (QED) is 0.471. The molecule has 0 saturated heterocycles. The van der Waals surface area contributed by atoms with Crippen LogP contribution < -0.4 is 14.8 Å². The van der Waals surface area contributed by atoms with E-state index >= 15 is 0 Å². The van der Waals surface area contributed by atoms with Gasteiger partial charge in [-0.15, -0.1) is 0 Å². The summed E-state index contributed by atoms with van der Waals surface area (Å²) >= 11 is 0. The zero-order valence-corrected chi connectivity index (χ0v) is 18.7. The van der Waals surface area contributed by atoms with Crippen molar-refractivity contribution in [1.82, 2.24) is 25.1 Å².